The van der Waals surface area contributed by atoms with Crippen molar-refractivity contribution in [2.24, 2.45) is 5.92 Å². The van der Waals surface area contributed by atoms with Gasteiger partial charge in [0.05, 0.1) is 19.9 Å². The van der Waals surface area contributed by atoms with Gasteiger partial charge in [0.2, 0.25) is 0 Å². The molecule has 0 fully saturated rings. The zero-order valence-electron chi connectivity index (χ0n) is 18.5. The standard InChI is InChI=1S/C24H28N2O4S/c1-16(2)13-26(23(27)14-30-21-9-7-6-8-17(21)3)24-25-20(15-31-24)19-12-18(28-4)10-11-22(19)29-5/h6-12,15-16H,13-14H2,1-5H3. The lowest BCUT2D eigenvalue weighted by molar-refractivity contribution is -0.120. The molecule has 1 heterocycles. The zero-order chi connectivity index (χ0) is 22.4. The highest BCUT2D eigenvalue weighted by atomic mass is 32.1. The third-order valence-electron chi connectivity index (χ3n) is 4.70. The molecule has 0 aliphatic heterocycles. The van der Waals surface area contributed by atoms with Crippen molar-refractivity contribution in [3.8, 4) is 28.5 Å². The number of carbonyl (C=O) groups excluding carboxylic acids is 1. The zero-order valence-corrected chi connectivity index (χ0v) is 19.4. The van der Waals surface area contributed by atoms with Crippen LogP contribution in [0.4, 0.5) is 5.13 Å². The Balaban J connectivity index is 1.84. The number of aromatic nitrogens is 1. The van der Waals surface area contributed by atoms with Crippen LogP contribution in [-0.4, -0.2) is 38.3 Å². The van der Waals surface area contributed by atoms with Crippen LogP contribution >= 0.6 is 11.3 Å². The molecule has 7 heteroatoms. The largest absolute Gasteiger partial charge is 0.497 e. The van der Waals surface area contributed by atoms with Gasteiger partial charge >= 0.3 is 0 Å². The van der Waals surface area contributed by atoms with Gasteiger partial charge in [-0.05, 0) is 42.7 Å². The lowest BCUT2D eigenvalue weighted by Crippen LogP contribution is -2.37. The quantitative estimate of drug-likeness (QED) is 0.457. The van der Waals surface area contributed by atoms with Crippen molar-refractivity contribution in [3.63, 3.8) is 0 Å². The number of para-hydroxylation sites is 1. The summed E-state index contributed by atoms with van der Waals surface area (Å²) in [5.41, 5.74) is 2.54. The summed E-state index contributed by atoms with van der Waals surface area (Å²) in [4.78, 5) is 19.5. The number of carbonyl (C=O) groups is 1. The molecule has 0 aliphatic rings. The Bertz CT molecular complexity index is 1030. The summed E-state index contributed by atoms with van der Waals surface area (Å²) in [6.07, 6.45) is 0. The molecule has 0 bridgehead atoms. The van der Waals surface area contributed by atoms with Gasteiger partial charge in [0.15, 0.2) is 11.7 Å². The molecule has 0 unspecified atom stereocenters. The van der Waals surface area contributed by atoms with Gasteiger partial charge in [-0.3, -0.25) is 9.69 Å². The molecular formula is C24H28N2O4S. The Morgan fingerprint density at radius 1 is 1.10 bits per heavy atom. The van der Waals surface area contributed by atoms with E-state index in [1.54, 1.807) is 19.1 Å². The molecule has 1 amide bonds. The van der Waals surface area contributed by atoms with Gasteiger partial charge in [-0.25, -0.2) is 4.98 Å². The molecule has 0 saturated carbocycles. The van der Waals surface area contributed by atoms with E-state index in [4.69, 9.17) is 19.2 Å². The van der Waals surface area contributed by atoms with Crippen molar-refractivity contribution >= 4 is 22.4 Å². The number of hydrogen-bond acceptors (Lipinski definition) is 6. The molecule has 164 valence electrons. The molecular weight excluding hydrogens is 412 g/mol. The second-order valence-corrected chi connectivity index (χ2v) is 8.37. The third-order valence-corrected chi connectivity index (χ3v) is 5.56. The average molecular weight is 441 g/mol. The summed E-state index contributed by atoms with van der Waals surface area (Å²) < 4.78 is 16.6. The Morgan fingerprint density at radius 3 is 2.55 bits per heavy atom. The molecule has 3 aromatic rings. The van der Waals surface area contributed by atoms with Crippen molar-refractivity contribution in [1.82, 2.24) is 4.98 Å². The second kappa shape index (κ2) is 10.3. The molecule has 0 N–H and O–H groups in total. The van der Waals surface area contributed by atoms with E-state index in [0.29, 0.717) is 28.9 Å². The topological polar surface area (TPSA) is 60.9 Å². The monoisotopic (exact) mass is 440 g/mol. The lowest BCUT2D eigenvalue weighted by Gasteiger charge is -2.22. The van der Waals surface area contributed by atoms with Crippen LogP contribution in [0.3, 0.4) is 0 Å². The molecule has 0 aliphatic carbocycles. The minimum atomic E-state index is -0.129. The average Bonchev–Trinajstić information content (AvgIpc) is 3.26. The third kappa shape index (κ3) is 5.55. The maximum atomic E-state index is 13.1. The van der Waals surface area contributed by atoms with Crippen LogP contribution in [0.2, 0.25) is 0 Å². The number of hydrogen-bond donors (Lipinski definition) is 0. The Morgan fingerprint density at radius 2 is 1.87 bits per heavy atom. The first kappa shape index (κ1) is 22.6. The van der Waals surface area contributed by atoms with Gasteiger partial charge in [0, 0.05) is 17.5 Å². The van der Waals surface area contributed by atoms with E-state index in [1.807, 2.05) is 54.8 Å². The maximum absolute atomic E-state index is 13.1. The van der Waals surface area contributed by atoms with Crippen LogP contribution in [0.1, 0.15) is 19.4 Å². The second-order valence-electron chi connectivity index (χ2n) is 7.53. The number of methoxy groups -OCH3 is 2. The minimum Gasteiger partial charge on any atom is -0.497 e. The van der Waals surface area contributed by atoms with Crippen LogP contribution in [-0.2, 0) is 4.79 Å². The van der Waals surface area contributed by atoms with E-state index in [-0.39, 0.29) is 18.4 Å². The minimum absolute atomic E-state index is 0.0467. The van der Waals surface area contributed by atoms with E-state index in [9.17, 15) is 4.79 Å². The van der Waals surface area contributed by atoms with Gasteiger partial charge in [0.25, 0.3) is 5.91 Å². The number of ether oxygens (including phenoxy) is 3. The fourth-order valence-electron chi connectivity index (χ4n) is 3.11. The molecule has 0 atom stereocenters. The van der Waals surface area contributed by atoms with Crippen LogP contribution in [0.25, 0.3) is 11.3 Å². The Kier molecular flexibility index (Phi) is 7.52. The highest BCUT2D eigenvalue weighted by Crippen LogP contribution is 2.36. The highest BCUT2D eigenvalue weighted by molar-refractivity contribution is 7.14. The van der Waals surface area contributed by atoms with Gasteiger partial charge in [-0.1, -0.05) is 32.0 Å². The molecule has 2 aromatic carbocycles. The maximum Gasteiger partial charge on any atom is 0.266 e. The van der Waals surface area contributed by atoms with Crippen LogP contribution < -0.4 is 19.1 Å². The number of benzene rings is 2. The van der Waals surface area contributed by atoms with E-state index < -0.39 is 0 Å². The molecule has 6 nitrogen and oxygen atoms in total. The molecule has 1 aromatic heterocycles. The Hall–Kier alpha value is -3.06. The van der Waals surface area contributed by atoms with Crippen LogP contribution in [0.5, 0.6) is 17.2 Å². The smallest absolute Gasteiger partial charge is 0.266 e. The molecule has 31 heavy (non-hydrogen) atoms. The fourth-order valence-corrected chi connectivity index (χ4v) is 3.97. The normalized spacial score (nSPS) is 10.8. The summed E-state index contributed by atoms with van der Waals surface area (Å²) in [6, 6.07) is 13.2. The lowest BCUT2D eigenvalue weighted by atomic mass is 10.1. The first-order chi connectivity index (χ1) is 14.9. The Labute approximate surface area is 187 Å². The number of thiazole rings is 1. The van der Waals surface area contributed by atoms with Gasteiger partial charge in [-0.15, -0.1) is 11.3 Å². The van der Waals surface area contributed by atoms with E-state index in [2.05, 4.69) is 13.8 Å². The van der Waals surface area contributed by atoms with Crippen LogP contribution in [0.15, 0.2) is 47.8 Å². The van der Waals surface area contributed by atoms with Gasteiger partial charge in [-0.2, -0.15) is 0 Å². The summed E-state index contributed by atoms with van der Waals surface area (Å²) in [6.45, 7) is 6.61. The summed E-state index contributed by atoms with van der Waals surface area (Å²) in [5.74, 6) is 2.27. The predicted octanol–water partition coefficient (Wildman–Crippen LogP) is 5.20. The summed E-state index contributed by atoms with van der Waals surface area (Å²) in [5, 5.41) is 2.56. The fraction of sp³-hybridized carbons (Fsp3) is 0.333. The first-order valence-corrected chi connectivity index (χ1v) is 11.0. The molecule has 0 saturated heterocycles. The predicted molar refractivity (Wildman–Crippen MR) is 125 cm³/mol. The number of anilines is 1. The molecule has 0 radical (unpaired) electrons. The van der Waals surface area contributed by atoms with Crippen molar-refractivity contribution in [1.29, 1.82) is 0 Å². The number of rotatable bonds is 9. The highest BCUT2D eigenvalue weighted by Gasteiger charge is 2.22. The summed E-state index contributed by atoms with van der Waals surface area (Å²) >= 11 is 1.42. The van der Waals surface area contributed by atoms with E-state index in [0.717, 1.165) is 16.8 Å². The SMILES string of the molecule is COc1ccc(OC)c(-c2csc(N(CC(C)C)C(=O)COc3ccccc3C)n2)c1. The van der Waals surface area contributed by atoms with Crippen molar-refractivity contribution in [2.45, 2.75) is 20.8 Å². The van der Waals surface area contributed by atoms with Crippen molar-refractivity contribution < 1.29 is 19.0 Å². The van der Waals surface area contributed by atoms with E-state index >= 15 is 0 Å². The van der Waals surface area contributed by atoms with Crippen molar-refractivity contribution in [2.75, 3.05) is 32.3 Å². The van der Waals surface area contributed by atoms with Crippen LogP contribution in [0, 0.1) is 12.8 Å². The van der Waals surface area contributed by atoms with Crippen molar-refractivity contribution in [3.05, 3.63) is 53.4 Å². The number of nitrogens with zero attached hydrogens (tertiary/aromatic N) is 2. The molecule has 0 spiro atoms. The summed E-state index contributed by atoms with van der Waals surface area (Å²) in [7, 11) is 3.24. The van der Waals surface area contributed by atoms with Gasteiger partial charge in [0.1, 0.15) is 17.2 Å². The first-order valence-electron chi connectivity index (χ1n) is 10.1. The number of amides is 1. The number of aryl methyl sites for hydroxylation is 1. The molecule has 3 rings (SSSR count). The van der Waals surface area contributed by atoms with E-state index in [1.165, 1.54) is 11.3 Å². The van der Waals surface area contributed by atoms with Gasteiger partial charge < -0.3 is 14.2 Å².